The number of hydrogen-bond donors (Lipinski definition) is 3. The lowest BCUT2D eigenvalue weighted by molar-refractivity contribution is 0.0939. The van der Waals surface area contributed by atoms with Gasteiger partial charge in [-0.1, -0.05) is 48.1 Å². The number of rotatable bonds is 8. The van der Waals surface area contributed by atoms with Gasteiger partial charge in [-0.15, -0.1) is 10.2 Å². The molecule has 2 amide bonds. The number of anilines is 2. The van der Waals surface area contributed by atoms with Gasteiger partial charge in [0.05, 0.1) is 11.3 Å². The second-order valence-corrected chi connectivity index (χ2v) is 9.96. The Hall–Kier alpha value is -3.31. The molecule has 1 unspecified atom stereocenters. The number of carbonyl (C=O) groups is 2. The zero-order valence-electron chi connectivity index (χ0n) is 17.7. The largest absolute Gasteiger partial charge is 0.350 e. The molecule has 0 aliphatic rings. The number of carbonyl (C=O) groups excluding carboxylic acids is 2. The smallest absolute Gasteiger partial charge is 0.291 e. The summed E-state index contributed by atoms with van der Waals surface area (Å²) in [4.78, 5) is 24.8. The standard InChI is InChI=1S/C21H23N5O4S2/c1-4-14(3)22-19(28)16-7-5-6-8-17(16)26-32(29,30)21-25-24-20(31-21)23-18(27)15-11-9-13(2)10-12-15/h5-12,14,26H,4H2,1-3H3,(H,22,28)(H,23,24,27). The minimum atomic E-state index is -4.12. The summed E-state index contributed by atoms with van der Waals surface area (Å²) in [6.07, 6.45) is 0.738. The average molecular weight is 474 g/mol. The van der Waals surface area contributed by atoms with Crippen LogP contribution in [0.25, 0.3) is 0 Å². The van der Waals surface area contributed by atoms with E-state index < -0.39 is 15.9 Å². The fraction of sp³-hybridized carbons (Fsp3) is 0.238. The monoisotopic (exact) mass is 473 g/mol. The van der Waals surface area contributed by atoms with Crippen molar-refractivity contribution in [2.45, 2.75) is 37.6 Å². The van der Waals surface area contributed by atoms with Crippen LogP contribution in [0.1, 0.15) is 46.5 Å². The molecule has 11 heteroatoms. The van der Waals surface area contributed by atoms with Crippen LogP contribution in [-0.4, -0.2) is 36.5 Å². The van der Waals surface area contributed by atoms with E-state index in [4.69, 9.17) is 0 Å². The first kappa shape index (κ1) is 23.4. The van der Waals surface area contributed by atoms with Gasteiger partial charge in [-0.25, -0.2) is 0 Å². The third kappa shape index (κ3) is 5.68. The molecule has 1 heterocycles. The van der Waals surface area contributed by atoms with Gasteiger partial charge in [-0.2, -0.15) is 8.42 Å². The van der Waals surface area contributed by atoms with Crippen LogP contribution in [-0.2, 0) is 10.0 Å². The van der Waals surface area contributed by atoms with Gasteiger partial charge in [-0.3, -0.25) is 19.6 Å². The minimum Gasteiger partial charge on any atom is -0.350 e. The van der Waals surface area contributed by atoms with Crippen molar-refractivity contribution in [1.29, 1.82) is 0 Å². The Morgan fingerprint density at radius 3 is 2.41 bits per heavy atom. The Balaban J connectivity index is 1.76. The predicted octanol–water partition coefficient (Wildman–Crippen LogP) is 3.43. The Bertz CT molecular complexity index is 1220. The van der Waals surface area contributed by atoms with Gasteiger partial charge < -0.3 is 5.32 Å². The summed E-state index contributed by atoms with van der Waals surface area (Å²) in [5.41, 5.74) is 1.73. The fourth-order valence-corrected chi connectivity index (χ4v) is 4.58. The number of nitrogens with one attached hydrogen (secondary N) is 3. The van der Waals surface area contributed by atoms with E-state index in [1.807, 2.05) is 20.8 Å². The summed E-state index contributed by atoms with van der Waals surface area (Å²) in [7, 11) is -4.12. The summed E-state index contributed by atoms with van der Waals surface area (Å²) in [6, 6.07) is 13.1. The number of sulfonamides is 1. The first-order valence-corrected chi connectivity index (χ1v) is 12.1. The highest BCUT2D eigenvalue weighted by Gasteiger charge is 2.24. The quantitative estimate of drug-likeness (QED) is 0.430. The molecule has 1 aromatic heterocycles. The molecule has 0 saturated carbocycles. The van der Waals surface area contributed by atoms with Crippen LogP contribution < -0.4 is 15.4 Å². The van der Waals surface area contributed by atoms with Crippen molar-refractivity contribution < 1.29 is 18.0 Å². The van der Waals surface area contributed by atoms with Gasteiger partial charge in [0.15, 0.2) is 0 Å². The highest BCUT2D eigenvalue weighted by atomic mass is 32.2. The Morgan fingerprint density at radius 1 is 1.03 bits per heavy atom. The number of nitrogens with zero attached hydrogens (tertiary/aromatic N) is 2. The number of amides is 2. The molecule has 0 bridgehead atoms. The highest BCUT2D eigenvalue weighted by molar-refractivity contribution is 7.94. The summed E-state index contributed by atoms with van der Waals surface area (Å²) in [5.74, 6) is -0.814. The Kier molecular flexibility index (Phi) is 7.21. The van der Waals surface area contributed by atoms with Gasteiger partial charge in [0.1, 0.15) is 0 Å². The lowest BCUT2D eigenvalue weighted by Gasteiger charge is -2.14. The molecule has 0 fully saturated rings. The Morgan fingerprint density at radius 2 is 1.72 bits per heavy atom. The average Bonchev–Trinajstić information content (AvgIpc) is 3.23. The zero-order valence-corrected chi connectivity index (χ0v) is 19.4. The van der Waals surface area contributed by atoms with Gasteiger partial charge in [0.2, 0.25) is 5.13 Å². The molecular formula is C21H23N5O4S2. The van der Waals surface area contributed by atoms with Gasteiger partial charge in [-0.05, 0) is 44.5 Å². The molecule has 0 saturated heterocycles. The molecule has 3 aromatic rings. The van der Waals surface area contributed by atoms with Crippen molar-refractivity contribution in [3.63, 3.8) is 0 Å². The molecule has 0 spiro atoms. The molecule has 1 atom stereocenters. The summed E-state index contributed by atoms with van der Waals surface area (Å²) < 4.78 is 27.7. The lowest BCUT2D eigenvalue weighted by atomic mass is 10.1. The van der Waals surface area contributed by atoms with Gasteiger partial charge >= 0.3 is 0 Å². The second kappa shape index (κ2) is 9.88. The van der Waals surface area contributed by atoms with Crippen molar-refractivity contribution in [3.05, 3.63) is 65.2 Å². The Labute approximate surface area is 190 Å². The number of para-hydroxylation sites is 1. The molecule has 32 heavy (non-hydrogen) atoms. The number of benzene rings is 2. The van der Waals surface area contributed by atoms with Crippen LogP contribution in [0.2, 0.25) is 0 Å². The van der Waals surface area contributed by atoms with E-state index in [0.717, 1.165) is 12.0 Å². The number of aromatic nitrogens is 2. The molecule has 168 valence electrons. The van der Waals surface area contributed by atoms with Crippen molar-refractivity contribution in [3.8, 4) is 0 Å². The summed E-state index contributed by atoms with van der Waals surface area (Å²) >= 11 is 0.709. The van der Waals surface area contributed by atoms with Crippen molar-refractivity contribution >= 4 is 44.0 Å². The number of hydrogen-bond acceptors (Lipinski definition) is 7. The minimum absolute atomic E-state index is 0.0405. The van der Waals surface area contributed by atoms with E-state index >= 15 is 0 Å². The van der Waals surface area contributed by atoms with Crippen LogP contribution in [0, 0.1) is 6.92 Å². The van der Waals surface area contributed by atoms with Crippen molar-refractivity contribution in [2.75, 3.05) is 10.0 Å². The van der Waals surface area contributed by atoms with Crippen LogP contribution >= 0.6 is 11.3 Å². The normalized spacial score (nSPS) is 12.1. The second-order valence-electron chi connectivity index (χ2n) is 7.13. The molecule has 2 aromatic carbocycles. The van der Waals surface area contributed by atoms with Gasteiger partial charge in [0.25, 0.3) is 26.2 Å². The van der Waals surface area contributed by atoms with Gasteiger partial charge in [0, 0.05) is 11.6 Å². The molecule has 3 N–H and O–H groups in total. The first-order chi connectivity index (χ1) is 15.2. The summed E-state index contributed by atoms with van der Waals surface area (Å²) in [6.45, 7) is 5.70. The van der Waals surface area contributed by atoms with E-state index in [0.29, 0.717) is 16.9 Å². The van der Waals surface area contributed by atoms with E-state index in [9.17, 15) is 18.0 Å². The van der Waals surface area contributed by atoms with Crippen LogP contribution in [0.3, 0.4) is 0 Å². The van der Waals surface area contributed by atoms with Crippen LogP contribution in [0.15, 0.2) is 52.9 Å². The number of aryl methyl sites for hydroxylation is 1. The topological polar surface area (TPSA) is 130 Å². The first-order valence-electron chi connectivity index (χ1n) is 9.84. The SMILES string of the molecule is CCC(C)NC(=O)c1ccccc1NS(=O)(=O)c1nnc(NC(=O)c2ccc(C)cc2)s1. The maximum Gasteiger partial charge on any atom is 0.291 e. The molecule has 3 rings (SSSR count). The fourth-order valence-electron chi connectivity index (χ4n) is 2.61. The maximum absolute atomic E-state index is 12.8. The lowest BCUT2D eigenvalue weighted by Crippen LogP contribution is -2.32. The molecule has 9 nitrogen and oxygen atoms in total. The van der Waals surface area contributed by atoms with Crippen molar-refractivity contribution in [2.24, 2.45) is 0 Å². The third-order valence-corrected chi connectivity index (χ3v) is 7.15. The maximum atomic E-state index is 12.8. The molecule has 0 aliphatic carbocycles. The molecular weight excluding hydrogens is 450 g/mol. The van der Waals surface area contributed by atoms with Crippen LogP contribution in [0.5, 0.6) is 0 Å². The molecule has 0 radical (unpaired) electrons. The van der Waals surface area contributed by atoms with Crippen LogP contribution in [0.4, 0.5) is 10.8 Å². The third-order valence-electron chi connectivity index (χ3n) is 4.58. The van der Waals surface area contributed by atoms with E-state index in [1.54, 1.807) is 36.4 Å². The molecule has 0 aliphatic heterocycles. The van der Waals surface area contributed by atoms with E-state index in [-0.39, 0.29) is 32.7 Å². The zero-order chi connectivity index (χ0) is 23.3. The van der Waals surface area contributed by atoms with E-state index in [1.165, 1.54) is 12.1 Å². The van der Waals surface area contributed by atoms with E-state index in [2.05, 4.69) is 25.6 Å². The predicted molar refractivity (Wildman–Crippen MR) is 124 cm³/mol. The summed E-state index contributed by atoms with van der Waals surface area (Å²) in [5, 5.41) is 12.8. The van der Waals surface area contributed by atoms with Crippen molar-refractivity contribution in [1.82, 2.24) is 15.5 Å². The highest BCUT2D eigenvalue weighted by Crippen LogP contribution is 2.25.